The van der Waals surface area contributed by atoms with Crippen molar-refractivity contribution in [2.24, 2.45) is 16.3 Å². The van der Waals surface area contributed by atoms with Gasteiger partial charge in [0.1, 0.15) is 11.6 Å². The van der Waals surface area contributed by atoms with Crippen molar-refractivity contribution in [2.45, 2.75) is 40.5 Å². The lowest BCUT2D eigenvalue weighted by molar-refractivity contribution is 0.0970. The molecule has 0 saturated heterocycles. The highest BCUT2D eigenvalue weighted by Gasteiger charge is 2.23. The van der Waals surface area contributed by atoms with Crippen LogP contribution in [0, 0.1) is 24.1 Å². The normalized spacial score (nSPS) is 19.0. The van der Waals surface area contributed by atoms with E-state index in [2.05, 4.69) is 11.9 Å². The highest BCUT2D eigenvalue weighted by atomic mass is 19.1. The summed E-state index contributed by atoms with van der Waals surface area (Å²) >= 11 is 0. The zero-order valence-electron chi connectivity index (χ0n) is 13.9. The van der Waals surface area contributed by atoms with Crippen molar-refractivity contribution >= 4 is 5.71 Å². The first-order valence-electron chi connectivity index (χ1n) is 7.93. The number of benzene rings is 1. The summed E-state index contributed by atoms with van der Waals surface area (Å²) in [6.07, 6.45) is 2.13. The fourth-order valence-electron chi connectivity index (χ4n) is 2.58. The van der Waals surface area contributed by atoms with Crippen molar-refractivity contribution in [3.8, 4) is 5.75 Å². The molecular weight excluding hydrogens is 281 g/mol. The molecule has 1 aromatic rings. The minimum atomic E-state index is -0.344. The topological polar surface area (TPSA) is 41.8 Å². The van der Waals surface area contributed by atoms with E-state index in [0.717, 1.165) is 25.1 Å². The van der Waals surface area contributed by atoms with Crippen molar-refractivity contribution in [3.05, 3.63) is 29.1 Å². The lowest BCUT2D eigenvalue weighted by atomic mass is 9.90. The standard InChI is InChI=1S/C18H26FNO2/c1-12-6-5-9-20-17(12)14-7-8-15(13(2)16(14)19)22-11-18(3,4)10-21/h7-8,12,21H,5-6,9-11H2,1-4H3. The molecular formula is C18H26FNO2. The number of hydrogen-bond donors (Lipinski definition) is 1. The molecule has 1 aliphatic heterocycles. The van der Waals surface area contributed by atoms with E-state index in [1.165, 1.54) is 0 Å². The average molecular weight is 307 g/mol. The number of aliphatic hydroxyl groups is 1. The summed E-state index contributed by atoms with van der Waals surface area (Å²) in [6, 6.07) is 3.58. The van der Waals surface area contributed by atoms with E-state index in [-0.39, 0.29) is 17.8 Å². The second-order valence-electron chi connectivity index (χ2n) is 6.97. The molecule has 1 N–H and O–H groups in total. The van der Waals surface area contributed by atoms with Gasteiger partial charge < -0.3 is 9.84 Å². The summed E-state index contributed by atoms with van der Waals surface area (Å²) in [4.78, 5) is 4.51. The van der Waals surface area contributed by atoms with Crippen LogP contribution in [0.25, 0.3) is 0 Å². The number of aliphatic imine (C=N–C) groups is 1. The van der Waals surface area contributed by atoms with Crippen LogP contribution in [0.2, 0.25) is 0 Å². The summed E-state index contributed by atoms with van der Waals surface area (Å²) in [5.74, 6) is 0.585. The maximum atomic E-state index is 14.7. The first-order chi connectivity index (χ1) is 10.4. The van der Waals surface area contributed by atoms with Crippen molar-refractivity contribution in [3.63, 3.8) is 0 Å². The summed E-state index contributed by atoms with van der Waals surface area (Å²) in [5.41, 5.74) is 1.63. The molecule has 1 heterocycles. The second-order valence-corrected chi connectivity index (χ2v) is 6.97. The molecule has 3 nitrogen and oxygen atoms in total. The molecule has 1 aromatic carbocycles. The van der Waals surface area contributed by atoms with E-state index in [1.807, 2.05) is 19.9 Å². The van der Waals surface area contributed by atoms with Gasteiger partial charge in [-0.1, -0.05) is 20.8 Å². The maximum Gasteiger partial charge on any atom is 0.138 e. The smallest absolute Gasteiger partial charge is 0.138 e. The Bertz CT molecular complexity index is 566. The van der Waals surface area contributed by atoms with Crippen LogP contribution in [-0.2, 0) is 0 Å². The molecule has 1 aliphatic rings. The van der Waals surface area contributed by atoms with Crippen LogP contribution in [0.5, 0.6) is 5.75 Å². The van der Waals surface area contributed by atoms with Gasteiger partial charge in [-0.3, -0.25) is 4.99 Å². The molecule has 0 aliphatic carbocycles. The zero-order valence-corrected chi connectivity index (χ0v) is 13.9. The monoisotopic (exact) mass is 307 g/mol. The van der Waals surface area contributed by atoms with E-state index in [4.69, 9.17) is 4.74 Å². The Morgan fingerprint density at radius 2 is 2.14 bits per heavy atom. The van der Waals surface area contributed by atoms with Gasteiger partial charge in [-0.25, -0.2) is 4.39 Å². The van der Waals surface area contributed by atoms with E-state index in [0.29, 0.717) is 29.4 Å². The molecule has 0 saturated carbocycles. The van der Waals surface area contributed by atoms with Crippen molar-refractivity contribution in [1.29, 1.82) is 0 Å². The Kier molecular flexibility index (Phi) is 5.22. The minimum absolute atomic E-state index is 0.0287. The quantitative estimate of drug-likeness (QED) is 0.900. The Labute approximate surface area is 132 Å². The predicted molar refractivity (Wildman–Crippen MR) is 87.3 cm³/mol. The molecule has 1 unspecified atom stereocenters. The number of ether oxygens (including phenoxy) is 1. The molecule has 122 valence electrons. The second kappa shape index (κ2) is 6.78. The molecule has 1 atom stereocenters. The van der Waals surface area contributed by atoms with Crippen LogP contribution in [-0.4, -0.2) is 30.6 Å². The van der Waals surface area contributed by atoms with Gasteiger partial charge in [0, 0.05) is 28.8 Å². The Balaban J connectivity index is 2.24. The third-order valence-electron chi connectivity index (χ3n) is 4.20. The van der Waals surface area contributed by atoms with Gasteiger partial charge in [0.15, 0.2) is 0 Å². The van der Waals surface area contributed by atoms with Crippen LogP contribution in [0.4, 0.5) is 4.39 Å². The summed E-state index contributed by atoms with van der Waals surface area (Å²) < 4.78 is 20.4. The predicted octanol–water partition coefficient (Wildman–Crippen LogP) is 3.75. The molecule has 0 fully saturated rings. The Hall–Kier alpha value is -1.42. The molecule has 4 heteroatoms. The molecule has 22 heavy (non-hydrogen) atoms. The highest BCUT2D eigenvalue weighted by Crippen LogP contribution is 2.29. The number of nitrogens with zero attached hydrogens (tertiary/aromatic N) is 1. The molecule has 0 amide bonds. The van der Waals surface area contributed by atoms with Crippen molar-refractivity contribution < 1.29 is 14.2 Å². The number of aliphatic hydroxyl groups excluding tert-OH is 1. The van der Waals surface area contributed by atoms with Gasteiger partial charge in [-0.15, -0.1) is 0 Å². The summed E-state index contributed by atoms with van der Waals surface area (Å²) in [6.45, 7) is 8.80. The van der Waals surface area contributed by atoms with Crippen LogP contribution in [0.3, 0.4) is 0 Å². The molecule has 0 radical (unpaired) electrons. The minimum Gasteiger partial charge on any atom is -0.493 e. The molecule has 0 spiro atoms. The fourth-order valence-corrected chi connectivity index (χ4v) is 2.58. The largest absolute Gasteiger partial charge is 0.493 e. The summed E-state index contributed by atoms with van der Waals surface area (Å²) in [7, 11) is 0. The SMILES string of the molecule is Cc1c(OCC(C)(C)CO)ccc(C2=NCCCC2C)c1F. The van der Waals surface area contributed by atoms with Gasteiger partial charge in [0.2, 0.25) is 0 Å². The molecule has 0 bridgehead atoms. The first kappa shape index (κ1) is 16.9. The van der Waals surface area contributed by atoms with Gasteiger partial charge in [-0.2, -0.15) is 0 Å². The van der Waals surface area contributed by atoms with Crippen molar-refractivity contribution in [1.82, 2.24) is 0 Å². The lowest BCUT2D eigenvalue weighted by Crippen LogP contribution is -2.25. The van der Waals surface area contributed by atoms with Gasteiger partial charge in [0.25, 0.3) is 0 Å². The van der Waals surface area contributed by atoms with E-state index >= 15 is 0 Å². The van der Waals surface area contributed by atoms with Crippen LogP contribution < -0.4 is 4.74 Å². The van der Waals surface area contributed by atoms with Gasteiger partial charge >= 0.3 is 0 Å². The van der Waals surface area contributed by atoms with Crippen LogP contribution in [0.1, 0.15) is 44.7 Å². The first-order valence-corrected chi connectivity index (χ1v) is 7.93. The number of rotatable bonds is 5. The third kappa shape index (κ3) is 3.67. The van der Waals surface area contributed by atoms with E-state index in [1.54, 1.807) is 13.0 Å². The third-order valence-corrected chi connectivity index (χ3v) is 4.20. The zero-order chi connectivity index (χ0) is 16.3. The highest BCUT2D eigenvalue weighted by molar-refractivity contribution is 6.02. The lowest BCUT2D eigenvalue weighted by Gasteiger charge is -2.24. The average Bonchev–Trinajstić information content (AvgIpc) is 2.50. The Morgan fingerprint density at radius 1 is 1.41 bits per heavy atom. The van der Waals surface area contributed by atoms with E-state index in [9.17, 15) is 9.50 Å². The maximum absolute atomic E-state index is 14.7. The van der Waals surface area contributed by atoms with Gasteiger partial charge in [-0.05, 0) is 37.8 Å². The number of halogens is 1. The van der Waals surface area contributed by atoms with Crippen molar-refractivity contribution in [2.75, 3.05) is 19.8 Å². The fraction of sp³-hybridized carbons (Fsp3) is 0.611. The van der Waals surface area contributed by atoms with E-state index < -0.39 is 0 Å². The van der Waals surface area contributed by atoms with Crippen LogP contribution in [0.15, 0.2) is 17.1 Å². The number of hydrogen-bond acceptors (Lipinski definition) is 3. The molecule has 2 rings (SSSR count). The summed E-state index contributed by atoms with van der Waals surface area (Å²) in [5, 5.41) is 9.27. The molecule has 0 aromatic heterocycles. The van der Waals surface area contributed by atoms with Gasteiger partial charge in [0.05, 0.1) is 13.2 Å². The Morgan fingerprint density at radius 3 is 2.77 bits per heavy atom. The van der Waals surface area contributed by atoms with Crippen LogP contribution >= 0.6 is 0 Å².